The van der Waals surface area contributed by atoms with Crippen LogP contribution in [0.15, 0.2) is 24.6 Å². The standard InChI is InChI=1S/C12H23N3/c1-6-14-12(8-11(5)13)9-15(7-2)10(3)4/h7-8,10,13-14H,2,6,9H2,1,3-5H3/b12-8-,13-11?. The van der Waals surface area contributed by atoms with Crippen molar-refractivity contribution in [2.24, 2.45) is 0 Å². The van der Waals surface area contributed by atoms with Crippen LogP contribution < -0.4 is 5.32 Å². The van der Waals surface area contributed by atoms with Crippen LogP contribution in [0.3, 0.4) is 0 Å². The fourth-order valence-electron chi connectivity index (χ4n) is 1.30. The van der Waals surface area contributed by atoms with E-state index in [0.717, 1.165) is 18.8 Å². The van der Waals surface area contributed by atoms with Crippen molar-refractivity contribution in [1.82, 2.24) is 10.2 Å². The maximum absolute atomic E-state index is 7.45. The second-order valence-electron chi connectivity index (χ2n) is 3.83. The van der Waals surface area contributed by atoms with Gasteiger partial charge in [-0.2, -0.15) is 0 Å². The number of nitrogens with zero attached hydrogens (tertiary/aromatic N) is 1. The number of nitrogens with one attached hydrogen (secondary N) is 2. The fourth-order valence-corrected chi connectivity index (χ4v) is 1.30. The smallest absolute Gasteiger partial charge is 0.0574 e. The Bertz CT molecular complexity index is 241. The molecule has 0 aromatic carbocycles. The van der Waals surface area contributed by atoms with Crippen molar-refractivity contribution in [1.29, 1.82) is 5.41 Å². The summed E-state index contributed by atoms with van der Waals surface area (Å²) >= 11 is 0. The Labute approximate surface area is 93.4 Å². The zero-order chi connectivity index (χ0) is 11.8. The Morgan fingerprint density at radius 1 is 1.53 bits per heavy atom. The highest BCUT2D eigenvalue weighted by Crippen LogP contribution is 2.02. The molecule has 3 heteroatoms. The minimum Gasteiger partial charge on any atom is -0.387 e. The van der Waals surface area contributed by atoms with E-state index in [2.05, 4.69) is 37.6 Å². The summed E-state index contributed by atoms with van der Waals surface area (Å²) in [5.74, 6) is 0. The largest absolute Gasteiger partial charge is 0.387 e. The summed E-state index contributed by atoms with van der Waals surface area (Å²) in [4.78, 5) is 2.14. The summed E-state index contributed by atoms with van der Waals surface area (Å²) < 4.78 is 0. The first kappa shape index (κ1) is 13.8. The molecule has 0 radical (unpaired) electrons. The summed E-state index contributed by atoms with van der Waals surface area (Å²) in [7, 11) is 0. The van der Waals surface area contributed by atoms with Crippen LogP contribution in [0.25, 0.3) is 0 Å². The number of likely N-dealkylation sites (N-methyl/N-ethyl adjacent to an activating group) is 1. The van der Waals surface area contributed by atoms with Gasteiger partial charge in [-0.3, -0.25) is 0 Å². The molecule has 0 bridgehead atoms. The van der Waals surface area contributed by atoms with Crippen LogP contribution in [0.2, 0.25) is 0 Å². The minimum atomic E-state index is 0.426. The highest BCUT2D eigenvalue weighted by atomic mass is 15.1. The maximum Gasteiger partial charge on any atom is 0.0574 e. The molecule has 0 aromatic rings. The molecule has 86 valence electrons. The summed E-state index contributed by atoms with van der Waals surface area (Å²) in [6.45, 7) is 13.5. The molecular weight excluding hydrogens is 186 g/mol. The molecule has 3 nitrogen and oxygen atoms in total. The Kier molecular flexibility index (Phi) is 6.50. The van der Waals surface area contributed by atoms with Gasteiger partial charge in [-0.25, -0.2) is 0 Å². The van der Waals surface area contributed by atoms with E-state index in [1.54, 1.807) is 6.92 Å². The van der Waals surface area contributed by atoms with Gasteiger partial charge in [0.1, 0.15) is 0 Å². The van der Waals surface area contributed by atoms with Gasteiger partial charge in [0, 0.05) is 24.0 Å². The van der Waals surface area contributed by atoms with Crippen molar-refractivity contribution in [3.8, 4) is 0 Å². The van der Waals surface area contributed by atoms with Gasteiger partial charge in [-0.05, 0) is 40.0 Å². The molecule has 0 saturated carbocycles. The average molecular weight is 209 g/mol. The highest BCUT2D eigenvalue weighted by molar-refractivity contribution is 5.90. The quantitative estimate of drug-likeness (QED) is 0.632. The minimum absolute atomic E-state index is 0.426. The molecule has 0 aromatic heterocycles. The zero-order valence-corrected chi connectivity index (χ0v) is 10.3. The lowest BCUT2D eigenvalue weighted by Crippen LogP contribution is -2.31. The van der Waals surface area contributed by atoms with E-state index >= 15 is 0 Å². The van der Waals surface area contributed by atoms with Gasteiger partial charge in [-0.1, -0.05) is 6.58 Å². The number of hydrogen-bond acceptors (Lipinski definition) is 3. The first-order valence-electron chi connectivity index (χ1n) is 5.39. The van der Waals surface area contributed by atoms with Crippen LogP contribution in [0.4, 0.5) is 0 Å². The molecule has 0 aliphatic rings. The third kappa shape index (κ3) is 5.94. The lowest BCUT2D eigenvalue weighted by molar-refractivity contribution is 0.330. The molecule has 0 heterocycles. The normalized spacial score (nSPS) is 11.4. The lowest BCUT2D eigenvalue weighted by atomic mass is 10.2. The van der Waals surface area contributed by atoms with E-state index < -0.39 is 0 Å². The molecule has 0 unspecified atom stereocenters. The first-order valence-corrected chi connectivity index (χ1v) is 5.39. The van der Waals surface area contributed by atoms with Gasteiger partial charge in [0.05, 0.1) is 6.54 Å². The van der Waals surface area contributed by atoms with E-state index in [-0.39, 0.29) is 0 Å². The van der Waals surface area contributed by atoms with Gasteiger partial charge in [0.2, 0.25) is 0 Å². The van der Waals surface area contributed by atoms with E-state index in [9.17, 15) is 0 Å². The van der Waals surface area contributed by atoms with Crippen LogP contribution >= 0.6 is 0 Å². The Morgan fingerprint density at radius 2 is 2.13 bits per heavy atom. The van der Waals surface area contributed by atoms with Crippen molar-refractivity contribution in [2.75, 3.05) is 13.1 Å². The monoisotopic (exact) mass is 209 g/mol. The third-order valence-corrected chi connectivity index (χ3v) is 2.05. The summed E-state index contributed by atoms with van der Waals surface area (Å²) in [6, 6.07) is 0.426. The van der Waals surface area contributed by atoms with Crippen LogP contribution in [-0.2, 0) is 0 Å². The molecule has 0 spiro atoms. The molecule has 0 saturated heterocycles. The predicted molar refractivity (Wildman–Crippen MR) is 67.2 cm³/mol. The molecule has 0 amide bonds. The van der Waals surface area contributed by atoms with Crippen LogP contribution in [-0.4, -0.2) is 29.7 Å². The fraction of sp³-hybridized carbons (Fsp3) is 0.583. The van der Waals surface area contributed by atoms with E-state index in [1.165, 1.54) is 0 Å². The summed E-state index contributed by atoms with van der Waals surface area (Å²) in [6.07, 6.45) is 3.71. The number of hydrogen-bond donors (Lipinski definition) is 2. The molecule has 0 rings (SSSR count). The molecule has 0 aliphatic heterocycles. The van der Waals surface area contributed by atoms with Crippen LogP contribution in [0.5, 0.6) is 0 Å². The van der Waals surface area contributed by atoms with Gasteiger partial charge < -0.3 is 15.6 Å². The Balaban J connectivity index is 4.51. The van der Waals surface area contributed by atoms with Crippen molar-refractivity contribution in [2.45, 2.75) is 33.7 Å². The van der Waals surface area contributed by atoms with Gasteiger partial charge in [0.15, 0.2) is 0 Å². The summed E-state index contributed by atoms with van der Waals surface area (Å²) in [5.41, 5.74) is 1.64. The molecule has 0 atom stereocenters. The van der Waals surface area contributed by atoms with E-state index in [4.69, 9.17) is 5.41 Å². The van der Waals surface area contributed by atoms with Crippen molar-refractivity contribution in [3.05, 3.63) is 24.6 Å². The summed E-state index contributed by atoms with van der Waals surface area (Å²) in [5, 5.41) is 10.7. The SMILES string of the molecule is C=CN(C/C(=C/C(C)=N)NCC)C(C)C. The second kappa shape index (κ2) is 7.10. The molecule has 0 fully saturated rings. The molecule has 15 heavy (non-hydrogen) atoms. The van der Waals surface area contributed by atoms with Crippen molar-refractivity contribution in [3.63, 3.8) is 0 Å². The lowest BCUT2D eigenvalue weighted by Gasteiger charge is -2.26. The first-order chi connectivity index (χ1) is 7.01. The third-order valence-electron chi connectivity index (χ3n) is 2.05. The Hall–Kier alpha value is -1.25. The van der Waals surface area contributed by atoms with Crippen molar-refractivity contribution >= 4 is 5.71 Å². The molecule has 2 N–H and O–H groups in total. The van der Waals surface area contributed by atoms with Crippen LogP contribution in [0.1, 0.15) is 27.7 Å². The van der Waals surface area contributed by atoms with Gasteiger partial charge in [-0.15, -0.1) is 0 Å². The number of rotatable bonds is 7. The van der Waals surface area contributed by atoms with Crippen molar-refractivity contribution < 1.29 is 0 Å². The van der Waals surface area contributed by atoms with E-state index in [1.807, 2.05) is 12.3 Å². The Morgan fingerprint density at radius 3 is 2.47 bits per heavy atom. The highest BCUT2D eigenvalue weighted by Gasteiger charge is 2.06. The van der Waals surface area contributed by atoms with Crippen LogP contribution in [0, 0.1) is 5.41 Å². The average Bonchev–Trinajstić information content (AvgIpc) is 2.12. The predicted octanol–water partition coefficient (Wildman–Crippen LogP) is 2.37. The van der Waals surface area contributed by atoms with Gasteiger partial charge >= 0.3 is 0 Å². The maximum atomic E-state index is 7.45. The molecule has 0 aliphatic carbocycles. The second-order valence-corrected chi connectivity index (χ2v) is 3.83. The number of allylic oxidation sites excluding steroid dienone is 1. The van der Waals surface area contributed by atoms with E-state index in [0.29, 0.717) is 11.8 Å². The van der Waals surface area contributed by atoms with Gasteiger partial charge in [0.25, 0.3) is 0 Å². The zero-order valence-electron chi connectivity index (χ0n) is 10.3. The topological polar surface area (TPSA) is 39.1 Å². The molecular formula is C12H23N3.